The summed E-state index contributed by atoms with van der Waals surface area (Å²) < 4.78 is 5.65. The van der Waals surface area contributed by atoms with E-state index < -0.39 is 5.54 Å². The van der Waals surface area contributed by atoms with Crippen LogP contribution in [0, 0.1) is 10.8 Å². The van der Waals surface area contributed by atoms with Crippen LogP contribution in [0.2, 0.25) is 0 Å². The summed E-state index contributed by atoms with van der Waals surface area (Å²) >= 11 is 0. The summed E-state index contributed by atoms with van der Waals surface area (Å²) in [5.41, 5.74) is 4.82. The minimum absolute atomic E-state index is 0.0261. The average Bonchev–Trinajstić information content (AvgIpc) is 2.48. The van der Waals surface area contributed by atoms with Gasteiger partial charge in [-0.3, -0.25) is 4.79 Å². The van der Waals surface area contributed by atoms with Crippen molar-refractivity contribution in [3.8, 4) is 0 Å². The third-order valence-corrected chi connectivity index (χ3v) is 5.69. The second-order valence-corrected chi connectivity index (χ2v) is 6.89. The first-order chi connectivity index (χ1) is 9.73. The maximum absolute atomic E-state index is 12.5. The third-order valence-electron chi connectivity index (χ3n) is 5.69. The van der Waals surface area contributed by atoms with E-state index >= 15 is 0 Å². The zero-order valence-corrected chi connectivity index (χ0v) is 14.2. The molecule has 2 atom stereocenters. The number of ether oxygens (including phenoxy) is 1. The van der Waals surface area contributed by atoms with Gasteiger partial charge in [-0.1, -0.05) is 27.7 Å². The highest BCUT2D eigenvalue weighted by molar-refractivity contribution is 5.88. The first kappa shape index (κ1) is 18.4. The van der Waals surface area contributed by atoms with Crippen LogP contribution in [0.5, 0.6) is 0 Å². The Labute approximate surface area is 128 Å². The van der Waals surface area contributed by atoms with Gasteiger partial charge in [0.2, 0.25) is 5.91 Å². The molecule has 4 N–H and O–H groups in total. The predicted molar refractivity (Wildman–Crippen MR) is 83.8 cm³/mol. The lowest BCUT2D eigenvalue weighted by molar-refractivity contribution is -0.171. The molecule has 0 aromatic carbocycles. The topological polar surface area (TPSA) is 84.6 Å². The molecule has 0 aliphatic heterocycles. The zero-order chi connectivity index (χ0) is 16.3. The van der Waals surface area contributed by atoms with E-state index in [1.54, 1.807) is 0 Å². The fraction of sp³-hybridized carbons (Fsp3) is 0.938. The minimum atomic E-state index is -0.893. The van der Waals surface area contributed by atoms with Gasteiger partial charge >= 0.3 is 0 Å². The van der Waals surface area contributed by atoms with Crippen molar-refractivity contribution in [3.05, 3.63) is 0 Å². The lowest BCUT2D eigenvalue weighted by Crippen LogP contribution is -2.76. The predicted octanol–water partition coefficient (Wildman–Crippen LogP) is 1.43. The fourth-order valence-corrected chi connectivity index (χ4v) is 3.03. The maximum Gasteiger partial charge on any atom is 0.240 e. The number of nitrogens with two attached hydrogens (primary N) is 1. The van der Waals surface area contributed by atoms with E-state index in [2.05, 4.69) is 5.32 Å². The van der Waals surface area contributed by atoms with Crippen LogP contribution in [0.1, 0.15) is 53.9 Å². The van der Waals surface area contributed by atoms with Crippen LogP contribution < -0.4 is 11.1 Å². The Morgan fingerprint density at radius 2 is 1.95 bits per heavy atom. The number of hydrogen-bond donors (Lipinski definition) is 3. The van der Waals surface area contributed by atoms with Gasteiger partial charge in [0.15, 0.2) is 0 Å². The fourth-order valence-electron chi connectivity index (χ4n) is 3.03. The van der Waals surface area contributed by atoms with Crippen molar-refractivity contribution >= 4 is 5.91 Å². The molecule has 0 spiro atoms. The van der Waals surface area contributed by atoms with Gasteiger partial charge in [-0.05, 0) is 19.8 Å². The molecule has 0 aromatic heterocycles. The number of aliphatic hydroxyl groups excluding tert-OH is 1. The monoisotopic (exact) mass is 300 g/mol. The highest BCUT2D eigenvalue weighted by Gasteiger charge is 2.62. The molecule has 5 heteroatoms. The van der Waals surface area contributed by atoms with Crippen molar-refractivity contribution in [1.29, 1.82) is 0 Å². The second-order valence-electron chi connectivity index (χ2n) is 6.89. The summed E-state index contributed by atoms with van der Waals surface area (Å²) in [5.74, 6) is -0.136. The molecule has 1 aliphatic rings. The molecule has 0 bridgehead atoms. The zero-order valence-electron chi connectivity index (χ0n) is 14.2. The molecule has 0 saturated heterocycles. The van der Waals surface area contributed by atoms with Gasteiger partial charge in [0.25, 0.3) is 0 Å². The Bertz CT molecular complexity index is 358. The molecule has 0 heterocycles. The number of rotatable bonds is 8. The Morgan fingerprint density at radius 3 is 2.33 bits per heavy atom. The van der Waals surface area contributed by atoms with Crippen LogP contribution in [0.15, 0.2) is 0 Å². The van der Waals surface area contributed by atoms with Crippen molar-refractivity contribution in [1.82, 2.24) is 5.32 Å². The molecule has 5 nitrogen and oxygen atoms in total. The molecular formula is C16H32N2O3. The van der Waals surface area contributed by atoms with E-state index in [-0.39, 0.29) is 29.4 Å². The highest BCUT2D eigenvalue weighted by Crippen LogP contribution is 2.49. The lowest BCUT2D eigenvalue weighted by atomic mass is 9.54. The number of hydrogen-bond acceptors (Lipinski definition) is 4. The van der Waals surface area contributed by atoms with E-state index in [1.807, 2.05) is 34.6 Å². The number of amides is 1. The summed E-state index contributed by atoms with van der Waals surface area (Å²) in [7, 11) is 0. The van der Waals surface area contributed by atoms with Crippen molar-refractivity contribution < 1.29 is 14.6 Å². The summed E-state index contributed by atoms with van der Waals surface area (Å²) in [6, 6.07) is 0. The molecule has 124 valence electrons. The Morgan fingerprint density at radius 1 is 1.38 bits per heavy atom. The smallest absolute Gasteiger partial charge is 0.240 e. The molecule has 1 rings (SSSR count). The number of nitrogens with one attached hydrogen (secondary N) is 1. The highest BCUT2D eigenvalue weighted by atomic mass is 16.5. The lowest BCUT2D eigenvalue weighted by Gasteiger charge is -2.57. The van der Waals surface area contributed by atoms with Crippen LogP contribution >= 0.6 is 0 Å². The van der Waals surface area contributed by atoms with E-state index in [4.69, 9.17) is 10.5 Å². The quantitative estimate of drug-likeness (QED) is 0.633. The molecule has 1 amide bonds. The number of aliphatic hydroxyl groups is 1. The largest absolute Gasteiger partial charge is 0.396 e. The van der Waals surface area contributed by atoms with Crippen molar-refractivity contribution in [2.75, 3.05) is 19.8 Å². The van der Waals surface area contributed by atoms with Gasteiger partial charge < -0.3 is 20.9 Å². The van der Waals surface area contributed by atoms with Gasteiger partial charge in [0.05, 0.1) is 12.7 Å². The summed E-state index contributed by atoms with van der Waals surface area (Å²) in [6.07, 6.45) is 2.22. The average molecular weight is 300 g/mol. The summed E-state index contributed by atoms with van der Waals surface area (Å²) in [6.45, 7) is 11.1. The number of carbonyl (C=O) groups is 1. The molecule has 1 fully saturated rings. The first-order valence-corrected chi connectivity index (χ1v) is 8.02. The first-order valence-electron chi connectivity index (χ1n) is 8.02. The molecular weight excluding hydrogens is 268 g/mol. The molecule has 1 aliphatic carbocycles. The standard InChI is InChI=1S/C16H32N2O3/c1-6-15(7-2,11-19)10-18-13(20)16(17)9-12(21-8-3)14(16,4)5/h12,19H,6-11,17H2,1-5H3,(H,18,20). The SMILES string of the molecule is CCOC1CC(N)(C(=O)NCC(CC)(CC)CO)C1(C)C. The molecule has 0 radical (unpaired) electrons. The third kappa shape index (κ3) is 3.10. The molecule has 0 aromatic rings. The van der Waals surface area contributed by atoms with Crippen LogP contribution in [0.3, 0.4) is 0 Å². The van der Waals surface area contributed by atoms with Crippen molar-refractivity contribution in [2.24, 2.45) is 16.6 Å². The van der Waals surface area contributed by atoms with E-state index in [9.17, 15) is 9.90 Å². The van der Waals surface area contributed by atoms with Gasteiger partial charge in [-0.2, -0.15) is 0 Å². The van der Waals surface area contributed by atoms with Crippen molar-refractivity contribution in [3.63, 3.8) is 0 Å². The number of carbonyl (C=O) groups excluding carboxylic acids is 1. The van der Waals surface area contributed by atoms with E-state index in [0.29, 0.717) is 19.6 Å². The maximum atomic E-state index is 12.5. The molecule has 1 saturated carbocycles. The Hall–Kier alpha value is -0.650. The molecule has 21 heavy (non-hydrogen) atoms. The van der Waals surface area contributed by atoms with E-state index in [1.165, 1.54) is 0 Å². The van der Waals surface area contributed by atoms with Gasteiger partial charge in [-0.25, -0.2) is 0 Å². The van der Waals surface area contributed by atoms with Gasteiger partial charge in [0, 0.05) is 30.4 Å². The summed E-state index contributed by atoms with van der Waals surface area (Å²) in [5, 5.41) is 12.5. The van der Waals surface area contributed by atoms with Crippen LogP contribution in [0.25, 0.3) is 0 Å². The van der Waals surface area contributed by atoms with Crippen LogP contribution in [-0.4, -0.2) is 42.4 Å². The normalized spacial score (nSPS) is 28.0. The van der Waals surface area contributed by atoms with Crippen LogP contribution in [0.4, 0.5) is 0 Å². The minimum Gasteiger partial charge on any atom is -0.396 e. The Kier molecular flexibility index (Phi) is 5.81. The second kappa shape index (κ2) is 6.63. The van der Waals surface area contributed by atoms with E-state index in [0.717, 1.165) is 12.8 Å². The Balaban J connectivity index is 2.68. The van der Waals surface area contributed by atoms with Gasteiger partial charge in [-0.15, -0.1) is 0 Å². The summed E-state index contributed by atoms with van der Waals surface area (Å²) in [4.78, 5) is 12.5. The molecule has 2 unspecified atom stereocenters. The van der Waals surface area contributed by atoms with Crippen molar-refractivity contribution in [2.45, 2.75) is 65.5 Å². The van der Waals surface area contributed by atoms with Crippen LogP contribution in [-0.2, 0) is 9.53 Å². The van der Waals surface area contributed by atoms with Gasteiger partial charge in [0.1, 0.15) is 5.54 Å².